The predicted molar refractivity (Wildman–Crippen MR) is 347 cm³/mol. The van der Waals surface area contributed by atoms with Crippen molar-refractivity contribution in [2.24, 2.45) is 0 Å². The van der Waals surface area contributed by atoms with Gasteiger partial charge in [0.2, 0.25) is 11.8 Å². The molecule has 0 saturated carbocycles. The molecule has 518 valence electrons. The van der Waals surface area contributed by atoms with Gasteiger partial charge in [-0.15, -0.1) is 10.2 Å². The van der Waals surface area contributed by atoms with Crippen LogP contribution in [0.15, 0.2) is 146 Å². The normalized spacial score (nSPS) is 21.8. The number of ether oxygens (including phenoxy) is 2. The fourth-order valence-electron chi connectivity index (χ4n) is 11.7. The van der Waals surface area contributed by atoms with E-state index in [2.05, 4.69) is 52.5 Å². The smallest absolute Gasteiger partial charge is 0.359 e. The second-order valence-corrected chi connectivity index (χ2v) is 24.1. The Morgan fingerprint density at radius 2 is 0.786 bits per heavy atom. The lowest BCUT2D eigenvalue weighted by Crippen LogP contribution is -2.67. The minimum Gasteiger partial charge on any atom is -0.478 e. The summed E-state index contributed by atoms with van der Waals surface area (Å²) in [6.07, 6.45) is -10.8. The summed E-state index contributed by atoms with van der Waals surface area (Å²) in [6, 6.07) is 35.5. The number of aliphatic hydroxyl groups is 6. The molecule has 30 heteroatoms. The molecule has 2 aromatic heterocycles. The molecule has 0 radical (unpaired) electrons. The Labute approximate surface area is 561 Å². The minimum absolute atomic E-state index is 0.220. The van der Waals surface area contributed by atoms with E-state index in [1.807, 2.05) is 60.7 Å². The van der Waals surface area contributed by atoms with E-state index < -0.39 is 146 Å². The number of aliphatic carboxylic acids is 2. The average molecular weight is 1350 g/mol. The Kier molecular flexibility index (Phi) is 24.1. The molecule has 7 aromatic rings. The Bertz CT molecular complexity index is 3650. The van der Waals surface area contributed by atoms with Crippen LogP contribution in [0.5, 0.6) is 0 Å². The van der Waals surface area contributed by atoms with Gasteiger partial charge in [0.05, 0.1) is 60.3 Å². The van der Waals surface area contributed by atoms with Crippen LogP contribution in [0, 0.1) is 0 Å². The van der Waals surface area contributed by atoms with E-state index in [1.165, 1.54) is 36.7 Å². The van der Waals surface area contributed by atoms with Gasteiger partial charge in [0.1, 0.15) is 24.4 Å². The van der Waals surface area contributed by atoms with Gasteiger partial charge in [0, 0.05) is 75.1 Å². The second-order valence-electron chi connectivity index (χ2n) is 24.1. The number of aliphatic hydroxyl groups excluding tert-OH is 6. The number of carboxylic acids is 2. The Balaban J connectivity index is 0.703. The van der Waals surface area contributed by atoms with Crippen molar-refractivity contribution < 1.29 is 88.7 Å². The Hall–Kier alpha value is -10.2. The van der Waals surface area contributed by atoms with E-state index in [-0.39, 0.29) is 48.2 Å². The number of rotatable bonds is 30. The van der Waals surface area contributed by atoms with Gasteiger partial charge in [0.25, 0.3) is 35.1 Å². The van der Waals surface area contributed by atoms with Crippen LogP contribution >= 0.6 is 0 Å². The summed E-state index contributed by atoms with van der Waals surface area (Å²) in [7, 11) is 0. The van der Waals surface area contributed by atoms with Gasteiger partial charge in [-0.25, -0.2) is 19.0 Å². The molecule has 2 aliphatic heterocycles. The molecule has 12 atom stereocenters. The van der Waals surface area contributed by atoms with Crippen LogP contribution in [0.1, 0.15) is 105 Å². The van der Waals surface area contributed by atoms with Crippen molar-refractivity contribution in [3.05, 3.63) is 179 Å². The zero-order valence-corrected chi connectivity index (χ0v) is 53.5. The maximum absolute atomic E-state index is 13.1. The van der Waals surface area contributed by atoms with E-state index in [9.17, 15) is 79.2 Å². The van der Waals surface area contributed by atoms with Crippen molar-refractivity contribution >= 4 is 47.4 Å². The number of unbranched alkanes of at least 4 members (excludes halogenated alkanes) is 2. The number of nitrogens with zero attached hydrogens (tertiary/aromatic N) is 6. The Morgan fingerprint density at radius 1 is 0.469 bits per heavy atom. The number of benzene rings is 5. The molecule has 14 N–H and O–H groups in total. The Morgan fingerprint density at radius 3 is 1.11 bits per heavy atom. The maximum Gasteiger partial charge on any atom is 0.359 e. The van der Waals surface area contributed by atoms with Crippen molar-refractivity contribution in [3.63, 3.8) is 0 Å². The molecule has 4 heterocycles. The minimum atomic E-state index is -2.48. The largest absolute Gasteiger partial charge is 0.478 e. The maximum atomic E-state index is 13.1. The molecule has 0 aliphatic carbocycles. The zero-order valence-electron chi connectivity index (χ0n) is 53.5. The molecule has 5 aromatic carbocycles. The van der Waals surface area contributed by atoms with Crippen molar-refractivity contribution in [1.29, 1.82) is 0 Å². The molecule has 0 unspecified atom stereocenters. The first kappa shape index (κ1) is 72.1. The molecule has 98 heavy (non-hydrogen) atoms. The standard InChI is InChI=1S/C68H78N12O18/c1-39(81)73-55-51(83)33-67(65(93)94,97-59(55)57(87)53(85)35-71-63(91)47-23-19-43(20-24-47)41-13-5-3-6-14-41)79-37-49(75-77-79)17-9-11-31-69-61(89)45-27-29-46(30-28-45)62(90)70-32-12-10-18-50-38-80(78-76-50)68(66(95)96)34-52(84)56(74-40(2)82)60(98-68)58(88)54(86)36-72-64(92)48-25-21-44(22-26-48)42-15-7-4-8-16-42/h3-8,13-16,19-30,37-38,51-60,83-88H,9-12,17-18,31-36H2,1-2H3,(H,69,89)(H,70,90)(H,71,91)(H,72,92)(H,73,81)(H,74,82)(H,93,94)(H,95,96)/t51-,52-,53+,54+,55+,56+,57+,58+,59+,60+,67+,68+/m0/s1. The number of aromatic nitrogens is 6. The second kappa shape index (κ2) is 32.7. The summed E-state index contributed by atoms with van der Waals surface area (Å²) in [4.78, 5) is 103. The number of nitrogens with one attached hydrogen (secondary N) is 6. The van der Waals surface area contributed by atoms with E-state index in [0.29, 0.717) is 37.1 Å². The summed E-state index contributed by atoms with van der Waals surface area (Å²) in [5.41, 5.74) is 0.329. The highest BCUT2D eigenvalue weighted by molar-refractivity contribution is 5.98. The first-order valence-electron chi connectivity index (χ1n) is 31.8. The third-order valence-electron chi connectivity index (χ3n) is 17.0. The van der Waals surface area contributed by atoms with Gasteiger partial charge < -0.3 is 82.2 Å². The molecule has 0 bridgehead atoms. The van der Waals surface area contributed by atoms with Gasteiger partial charge in [-0.05, 0) is 109 Å². The summed E-state index contributed by atoms with van der Waals surface area (Å²) < 4.78 is 13.8. The van der Waals surface area contributed by atoms with E-state index >= 15 is 0 Å². The molecular weight excluding hydrogens is 1270 g/mol. The van der Waals surface area contributed by atoms with Gasteiger partial charge in [-0.3, -0.25) is 28.8 Å². The highest BCUT2D eigenvalue weighted by Crippen LogP contribution is 2.38. The lowest BCUT2D eigenvalue weighted by atomic mass is 9.87. The predicted octanol–water partition coefficient (Wildman–Crippen LogP) is 0.796. The molecule has 0 spiro atoms. The average Bonchev–Trinajstić information content (AvgIpc) is 1.33. The molecule has 2 fully saturated rings. The molecule has 30 nitrogen and oxygen atoms in total. The SMILES string of the molecule is CC(=O)N[C@H]1[C@H]([C@H](O)[C@H](O)CNC(=O)c2ccc(-c3ccccc3)cc2)O[C@](C(=O)O)(n2cc(CCCCNC(=O)c3ccc(C(=O)NCCCCc4cn([C@]5(C(=O)O)C[C@H](O)[C@@H](NC(C)=O)[C@H]([C@H](O)[C@H](O)CNC(=O)c6ccc(-c7ccccc7)cc6)O5)nn4)cc3)nn2)C[C@@H]1O. The van der Waals surface area contributed by atoms with Crippen LogP contribution < -0.4 is 31.9 Å². The molecular formula is C68H78N12O18. The van der Waals surface area contributed by atoms with Crippen molar-refractivity contribution in [2.75, 3.05) is 26.2 Å². The monoisotopic (exact) mass is 1350 g/mol. The van der Waals surface area contributed by atoms with Crippen molar-refractivity contribution in [2.45, 2.75) is 138 Å². The quantitative estimate of drug-likeness (QED) is 0.0277. The third kappa shape index (κ3) is 17.5. The number of carboxylic acid groups (broad SMARTS) is 2. The summed E-state index contributed by atoms with van der Waals surface area (Å²) in [5.74, 6) is -6.56. The zero-order chi connectivity index (χ0) is 70.3. The summed E-state index contributed by atoms with van der Waals surface area (Å²) in [5, 5.41) is 121. The lowest BCUT2D eigenvalue weighted by Gasteiger charge is -2.46. The first-order chi connectivity index (χ1) is 47.0. The van der Waals surface area contributed by atoms with Crippen LogP contribution in [0.25, 0.3) is 22.3 Å². The highest BCUT2D eigenvalue weighted by Gasteiger charge is 2.58. The lowest BCUT2D eigenvalue weighted by molar-refractivity contribution is -0.257. The van der Waals surface area contributed by atoms with Crippen molar-refractivity contribution in [3.8, 4) is 22.3 Å². The number of hydrogen-bond donors (Lipinski definition) is 14. The van der Waals surface area contributed by atoms with Gasteiger partial charge in [-0.2, -0.15) is 0 Å². The summed E-state index contributed by atoms with van der Waals surface area (Å²) >= 11 is 0. The number of amides is 6. The molecule has 6 amide bonds. The number of hydrogen-bond acceptors (Lipinski definition) is 20. The number of carbonyl (C=O) groups is 8. The fourth-order valence-corrected chi connectivity index (χ4v) is 11.7. The molecule has 2 saturated heterocycles. The van der Waals surface area contributed by atoms with E-state index in [4.69, 9.17) is 9.47 Å². The van der Waals surface area contributed by atoms with E-state index in [1.54, 1.807) is 48.5 Å². The van der Waals surface area contributed by atoms with Crippen LogP contribution in [-0.4, -0.2) is 205 Å². The number of carbonyl (C=O) groups excluding carboxylic acids is 6. The topological polar surface area (TPSA) is 450 Å². The highest BCUT2D eigenvalue weighted by atomic mass is 16.6. The first-order valence-corrected chi connectivity index (χ1v) is 31.8. The van der Waals surface area contributed by atoms with Gasteiger partial charge in [0.15, 0.2) is 0 Å². The molecule has 9 rings (SSSR count). The van der Waals surface area contributed by atoms with Gasteiger partial charge >= 0.3 is 11.9 Å². The fraction of sp³-hybridized carbons (Fsp3) is 0.382. The third-order valence-corrected chi connectivity index (χ3v) is 17.0. The van der Waals surface area contributed by atoms with Gasteiger partial charge in [-0.1, -0.05) is 95.4 Å². The number of aryl methyl sites for hydroxylation is 2. The van der Waals surface area contributed by atoms with Crippen molar-refractivity contribution in [1.82, 2.24) is 61.9 Å². The summed E-state index contributed by atoms with van der Waals surface area (Å²) in [6.45, 7) is 1.67. The van der Waals surface area contributed by atoms with Crippen LogP contribution in [-0.2, 0) is 52.9 Å². The van der Waals surface area contributed by atoms with Crippen LogP contribution in [0.3, 0.4) is 0 Å². The molecule has 2 aliphatic rings. The van der Waals surface area contributed by atoms with Crippen LogP contribution in [0.2, 0.25) is 0 Å². The van der Waals surface area contributed by atoms with Crippen LogP contribution in [0.4, 0.5) is 0 Å². The van der Waals surface area contributed by atoms with E-state index in [0.717, 1.165) is 45.5 Å².